The third-order valence-electron chi connectivity index (χ3n) is 1.81. The van der Waals surface area contributed by atoms with E-state index in [2.05, 4.69) is 5.32 Å². The van der Waals surface area contributed by atoms with Crippen molar-refractivity contribution in [1.82, 2.24) is 10.2 Å². The Kier molecular flexibility index (Phi) is 6.47. The van der Waals surface area contributed by atoms with Gasteiger partial charge in [0.25, 0.3) is 0 Å². The molecule has 0 fully saturated rings. The number of amides is 1. The van der Waals surface area contributed by atoms with E-state index in [-0.39, 0.29) is 12.5 Å². The van der Waals surface area contributed by atoms with Gasteiger partial charge in [0.1, 0.15) is 0 Å². The summed E-state index contributed by atoms with van der Waals surface area (Å²) in [6, 6.07) is 0. The van der Waals surface area contributed by atoms with Gasteiger partial charge < -0.3 is 20.1 Å². The average Bonchev–Trinajstić information content (AvgIpc) is 2.09. The van der Waals surface area contributed by atoms with E-state index < -0.39 is 5.60 Å². The summed E-state index contributed by atoms with van der Waals surface area (Å²) in [6.45, 7) is 5.19. The Hall–Kier alpha value is -0.650. The minimum atomic E-state index is -0.850. The second-order valence-corrected chi connectivity index (χ2v) is 4.23. The molecule has 0 rings (SSSR count). The van der Waals surface area contributed by atoms with Crippen molar-refractivity contribution in [3.05, 3.63) is 0 Å². The molecule has 0 aliphatic carbocycles. The number of hydrogen-bond donors (Lipinski definition) is 2. The van der Waals surface area contributed by atoms with Crippen molar-refractivity contribution >= 4 is 5.91 Å². The smallest absolute Gasteiger partial charge is 0.236 e. The maximum atomic E-state index is 11.5. The maximum Gasteiger partial charge on any atom is 0.236 e. The molecule has 0 spiro atoms. The Morgan fingerprint density at radius 2 is 2.13 bits per heavy atom. The first-order chi connectivity index (χ1) is 6.87. The molecule has 0 aliphatic heterocycles. The topological polar surface area (TPSA) is 61.8 Å². The molecule has 0 saturated heterocycles. The van der Waals surface area contributed by atoms with Gasteiger partial charge in [0, 0.05) is 27.2 Å². The lowest BCUT2D eigenvalue weighted by Gasteiger charge is -2.25. The molecule has 0 atom stereocenters. The number of likely N-dealkylation sites (N-methyl/N-ethyl adjacent to an activating group) is 1. The van der Waals surface area contributed by atoms with Crippen LogP contribution >= 0.6 is 0 Å². The molecule has 5 nitrogen and oxygen atoms in total. The van der Waals surface area contributed by atoms with E-state index in [0.717, 1.165) is 0 Å². The highest BCUT2D eigenvalue weighted by atomic mass is 16.5. The third-order valence-corrected chi connectivity index (χ3v) is 1.81. The molecule has 5 heteroatoms. The van der Waals surface area contributed by atoms with E-state index in [1.807, 2.05) is 0 Å². The van der Waals surface area contributed by atoms with Crippen LogP contribution in [0.1, 0.15) is 13.8 Å². The monoisotopic (exact) mass is 218 g/mol. The van der Waals surface area contributed by atoms with Crippen LogP contribution in [-0.4, -0.2) is 61.9 Å². The molecule has 0 aromatic carbocycles. The van der Waals surface area contributed by atoms with Crippen molar-refractivity contribution in [3.63, 3.8) is 0 Å². The fourth-order valence-corrected chi connectivity index (χ4v) is 1.17. The number of carbonyl (C=O) groups excluding carboxylic acids is 1. The molecule has 0 unspecified atom stereocenters. The van der Waals surface area contributed by atoms with Crippen molar-refractivity contribution in [2.75, 3.05) is 40.4 Å². The van der Waals surface area contributed by atoms with Crippen molar-refractivity contribution in [2.45, 2.75) is 19.4 Å². The highest BCUT2D eigenvalue weighted by molar-refractivity contribution is 5.78. The first-order valence-corrected chi connectivity index (χ1v) is 5.03. The van der Waals surface area contributed by atoms with Gasteiger partial charge >= 0.3 is 0 Å². The largest absolute Gasteiger partial charge is 0.389 e. The van der Waals surface area contributed by atoms with Gasteiger partial charge in [-0.3, -0.25) is 4.79 Å². The number of carbonyl (C=O) groups is 1. The summed E-state index contributed by atoms with van der Waals surface area (Å²) in [6.07, 6.45) is 0. The molecule has 2 N–H and O–H groups in total. The number of rotatable bonds is 7. The highest BCUT2D eigenvalue weighted by Gasteiger charge is 2.18. The highest BCUT2D eigenvalue weighted by Crippen LogP contribution is 2.02. The second kappa shape index (κ2) is 6.76. The number of hydrogen-bond acceptors (Lipinski definition) is 4. The quantitative estimate of drug-likeness (QED) is 0.563. The molecule has 0 aromatic heterocycles. The summed E-state index contributed by atoms with van der Waals surface area (Å²) >= 11 is 0. The molecular formula is C10H22N2O3. The Labute approximate surface area is 91.4 Å². The van der Waals surface area contributed by atoms with Crippen molar-refractivity contribution in [1.29, 1.82) is 0 Å². The zero-order valence-corrected chi connectivity index (χ0v) is 10.0. The van der Waals surface area contributed by atoms with Crippen LogP contribution in [0, 0.1) is 0 Å². The first-order valence-electron chi connectivity index (χ1n) is 5.03. The molecule has 90 valence electrons. The van der Waals surface area contributed by atoms with Crippen LogP contribution < -0.4 is 5.32 Å². The van der Waals surface area contributed by atoms with E-state index in [9.17, 15) is 9.90 Å². The summed E-state index contributed by atoms with van der Waals surface area (Å²) < 4.78 is 4.84. The van der Waals surface area contributed by atoms with Gasteiger partial charge in [-0.2, -0.15) is 0 Å². The Morgan fingerprint density at radius 1 is 1.53 bits per heavy atom. The van der Waals surface area contributed by atoms with E-state index in [0.29, 0.717) is 19.7 Å². The normalized spacial score (nSPS) is 11.5. The first kappa shape index (κ1) is 14.3. The summed E-state index contributed by atoms with van der Waals surface area (Å²) in [7, 11) is 3.29. The zero-order chi connectivity index (χ0) is 11.9. The summed E-state index contributed by atoms with van der Waals surface area (Å²) in [5.74, 6) is -0.0340. The van der Waals surface area contributed by atoms with Crippen LogP contribution in [0.3, 0.4) is 0 Å². The van der Waals surface area contributed by atoms with E-state index in [1.165, 1.54) is 4.90 Å². The number of aliphatic hydroxyl groups is 1. The van der Waals surface area contributed by atoms with Gasteiger partial charge in [0.15, 0.2) is 0 Å². The second-order valence-electron chi connectivity index (χ2n) is 4.23. The van der Waals surface area contributed by atoms with Gasteiger partial charge in [-0.1, -0.05) is 0 Å². The van der Waals surface area contributed by atoms with Gasteiger partial charge in [0.2, 0.25) is 5.91 Å². The van der Waals surface area contributed by atoms with Crippen LogP contribution in [0.2, 0.25) is 0 Å². The van der Waals surface area contributed by atoms with Crippen molar-refractivity contribution in [2.24, 2.45) is 0 Å². The van der Waals surface area contributed by atoms with Gasteiger partial charge in [-0.05, 0) is 13.8 Å². The number of methoxy groups -OCH3 is 1. The van der Waals surface area contributed by atoms with E-state index >= 15 is 0 Å². The molecule has 0 bridgehead atoms. The molecule has 0 radical (unpaired) electrons. The fraction of sp³-hybridized carbons (Fsp3) is 0.900. The number of nitrogens with one attached hydrogen (secondary N) is 1. The fourth-order valence-electron chi connectivity index (χ4n) is 1.17. The molecule has 15 heavy (non-hydrogen) atoms. The minimum absolute atomic E-state index is 0.0340. The molecular weight excluding hydrogens is 196 g/mol. The molecule has 0 heterocycles. The lowest BCUT2D eigenvalue weighted by molar-refractivity contribution is -0.131. The summed E-state index contributed by atoms with van der Waals surface area (Å²) in [5, 5.41) is 12.5. The molecule has 1 amide bonds. The zero-order valence-electron chi connectivity index (χ0n) is 10.0. The predicted molar refractivity (Wildman–Crippen MR) is 58.7 cm³/mol. The predicted octanol–water partition coefficient (Wildman–Crippen LogP) is -0.548. The van der Waals surface area contributed by atoms with Crippen molar-refractivity contribution in [3.8, 4) is 0 Å². The minimum Gasteiger partial charge on any atom is -0.389 e. The van der Waals surface area contributed by atoms with Crippen LogP contribution in [0.25, 0.3) is 0 Å². The van der Waals surface area contributed by atoms with Crippen LogP contribution in [0.15, 0.2) is 0 Å². The van der Waals surface area contributed by atoms with Gasteiger partial charge in [-0.15, -0.1) is 0 Å². The van der Waals surface area contributed by atoms with Crippen LogP contribution in [-0.2, 0) is 9.53 Å². The van der Waals surface area contributed by atoms with E-state index in [4.69, 9.17) is 4.74 Å². The number of nitrogens with zero attached hydrogens (tertiary/aromatic N) is 1. The Morgan fingerprint density at radius 3 is 2.60 bits per heavy atom. The van der Waals surface area contributed by atoms with Gasteiger partial charge in [-0.25, -0.2) is 0 Å². The Balaban J connectivity index is 3.70. The molecule has 0 aromatic rings. The van der Waals surface area contributed by atoms with Crippen molar-refractivity contribution < 1.29 is 14.6 Å². The summed E-state index contributed by atoms with van der Waals surface area (Å²) in [5.41, 5.74) is -0.850. The van der Waals surface area contributed by atoms with Crippen LogP contribution in [0.4, 0.5) is 0 Å². The standard InChI is InChI=1S/C10H22N2O3/c1-10(2,14)8-12(3)9(13)7-11-5-6-15-4/h11,14H,5-8H2,1-4H3. The third kappa shape index (κ3) is 8.35. The molecule has 0 saturated carbocycles. The van der Waals surface area contributed by atoms with Gasteiger partial charge in [0.05, 0.1) is 18.8 Å². The summed E-state index contributed by atoms with van der Waals surface area (Å²) in [4.78, 5) is 13.0. The lowest BCUT2D eigenvalue weighted by atomic mass is 10.1. The Bertz CT molecular complexity index is 190. The molecule has 0 aliphatic rings. The van der Waals surface area contributed by atoms with E-state index in [1.54, 1.807) is 28.0 Å². The lowest BCUT2D eigenvalue weighted by Crippen LogP contribution is -2.43. The van der Waals surface area contributed by atoms with Crippen LogP contribution in [0.5, 0.6) is 0 Å². The maximum absolute atomic E-state index is 11.5. The average molecular weight is 218 g/mol. The SMILES string of the molecule is COCCNCC(=O)N(C)CC(C)(C)O. The number of ether oxygens (including phenoxy) is 1.